The number of nitrogens with two attached hydrogens (primary N) is 1. The van der Waals surface area contributed by atoms with Crippen LogP contribution < -0.4 is 5.73 Å². The number of likely N-dealkylation sites (tertiary alicyclic amines) is 1. The van der Waals surface area contributed by atoms with Crippen molar-refractivity contribution in [1.29, 1.82) is 0 Å². The molecule has 16 heavy (non-hydrogen) atoms. The number of hydrogen-bond donors (Lipinski definition) is 1. The highest BCUT2D eigenvalue weighted by molar-refractivity contribution is 5.13. The van der Waals surface area contributed by atoms with E-state index in [0.29, 0.717) is 6.54 Å². The molecule has 1 aliphatic heterocycles. The minimum absolute atomic E-state index is 0.640. The summed E-state index contributed by atoms with van der Waals surface area (Å²) in [7, 11) is 0. The molecule has 2 heteroatoms. The molecular formula is C14H24N2. The van der Waals surface area contributed by atoms with E-state index in [1.54, 1.807) is 0 Å². The Hall–Kier alpha value is -0.860. The van der Waals surface area contributed by atoms with Crippen LogP contribution in [0.15, 0.2) is 30.3 Å². The normalized spacial score (nSPS) is 16.4. The van der Waals surface area contributed by atoms with Gasteiger partial charge in [-0.05, 0) is 38.0 Å². The number of hydrogen-bond acceptors (Lipinski definition) is 2. The van der Waals surface area contributed by atoms with Gasteiger partial charge in [0.1, 0.15) is 0 Å². The van der Waals surface area contributed by atoms with Crippen molar-refractivity contribution in [1.82, 2.24) is 4.90 Å². The molecule has 0 amide bonds. The largest absolute Gasteiger partial charge is 0.326 e. The highest BCUT2D eigenvalue weighted by atomic mass is 15.1. The zero-order valence-electron chi connectivity index (χ0n) is 10.4. The number of piperidine rings is 1. The van der Waals surface area contributed by atoms with E-state index in [1.165, 1.54) is 44.5 Å². The summed E-state index contributed by atoms with van der Waals surface area (Å²) in [5, 5.41) is 0. The van der Waals surface area contributed by atoms with Gasteiger partial charge >= 0.3 is 0 Å². The Balaban J connectivity index is 0.000000160. The Morgan fingerprint density at radius 3 is 2.06 bits per heavy atom. The van der Waals surface area contributed by atoms with Gasteiger partial charge in [0.25, 0.3) is 0 Å². The fourth-order valence-electron chi connectivity index (χ4n) is 1.89. The Morgan fingerprint density at radius 2 is 1.69 bits per heavy atom. The van der Waals surface area contributed by atoms with Crippen LogP contribution in [0.25, 0.3) is 0 Å². The summed E-state index contributed by atoms with van der Waals surface area (Å²) in [6, 6.07) is 9.99. The Bertz CT molecular complexity index is 253. The molecule has 1 fully saturated rings. The van der Waals surface area contributed by atoms with Gasteiger partial charge in [0, 0.05) is 6.54 Å². The molecule has 0 radical (unpaired) electrons. The van der Waals surface area contributed by atoms with Crippen molar-refractivity contribution in [2.75, 3.05) is 19.6 Å². The molecular weight excluding hydrogens is 196 g/mol. The summed E-state index contributed by atoms with van der Waals surface area (Å²) < 4.78 is 0. The molecule has 1 aromatic rings. The van der Waals surface area contributed by atoms with Gasteiger partial charge in [0.2, 0.25) is 0 Å². The average molecular weight is 220 g/mol. The maximum atomic E-state index is 5.35. The van der Waals surface area contributed by atoms with Crippen LogP contribution in [-0.2, 0) is 6.54 Å². The SMILES string of the molecule is CCN1CCCCC1.NCc1ccccc1. The summed E-state index contributed by atoms with van der Waals surface area (Å²) in [6.45, 7) is 6.82. The van der Waals surface area contributed by atoms with E-state index in [1.807, 2.05) is 30.3 Å². The summed E-state index contributed by atoms with van der Waals surface area (Å²) >= 11 is 0. The molecule has 2 nitrogen and oxygen atoms in total. The first-order chi connectivity index (χ1) is 7.86. The van der Waals surface area contributed by atoms with Gasteiger partial charge in [0.15, 0.2) is 0 Å². The van der Waals surface area contributed by atoms with Crippen molar-refractivity contribution in [3.8, 4) is 0 Å². The van der Waals surface area contributed by atoms with Crippen LogP contribution in [0.5, 0.6) is 0 Å². The molecule has 0 atom stereocenters. The second kappa shape index (κ2) is 8.31. The van der Waals surface area contributed by atoms with Crippen LogP contribution in [-0.4, -0.2) is 24.5 Å². The lowest BCUT2D eigenvalue weighted by atomic mass is 10.1. The quantitative estimate of drug-likeness (QED) is 0.830. The molecule has 0 spiro atoms. The summed E-state index contributed by atoms with van der Waals surface area (Å²) in [5.74, 6) is 0. The fraction of sp³-hybridized carbons (Fsp3) is 0.571. The van der Waals surface area contributed by atoms with Crippen LogP contribution in [0.3, 0.4) is 0 Å². The van der Waals surface area contributed by atoms with Gasteiger partial charge < -0.3 is 10.6 Å². The van der Waals surface area contributed by atoms with Gasteiger partial charge in [-0.3, -0.25) is 0 Å². The van der Waals surface area contributed by atoms with Crippen molar-refractivity contribution >= 4 is 0 Å². The van der Waals surface area contributed by atoms with Crippen LogP contribution in [0.4, 0.5) is 0 Å². The topological polar surface area (TPSA) is 29.3 Å². The smallest absolute Gasteiger partial charge is 0.0178 e. The zero-order valence-corrected chi connectivity index (χ0v) is 10.4. The first-order valence-electron chi connectivity index (χ1n) is 6.33. The second-order valence-corrected chi connectivity index (χ2v) is 4.18. The van der Waals surface area contributed by atoms with E-state index in [0.717, 1.165) is 0 Å². The first-order valence-corrected chi connectivity index (χ1v) is 6.33. The molecule has 1 aliphatic rings. The summed E-state index contributed by atoms with van der Waals surface area (Å²) in [6.07, 6.45) is 4.30. The van der Waals surface area contributed by atoms with Gasteiger partial charge in [-0.25, -0.2) is 0 Å². The van der Waals surface area contributed by atoms with Crippen LogP contribution in [0, 0.1) is 0 Å². The highest BCUT2D eigenvalue weighted by Gasteiger charge is 2.05. The molecule has 1 saturated heterocycles. The Kier molecular flexibility index (Phi) is 6.86. The monoisotopic (exact) mass is 220 g/mol. The third-order valence-corrected chi connectivity index (χ3v) is 2.97. The maximum Gasteiger partial charge on any atom is 0.0178 e. The van der Waals surface area contributed by atoms with E-state index in [2.05, 4.69) is 11.8 Å². The molecule has 1 heterocycles. The molecule has 0 aliphatic carbocycles. The van der Waals surface area contributed by atoms with Crippen molar-refractivity contribution in [2.45, 2.75) is 32.7 Å². The average Bonchev–Trinajstić information content (AvgIpc) is 2.41. The molecule has 0 aromatic heterocycles. The van der Waals surface area contributed by atoms with Gasteiger partial charge in [-0.2, -0.15) is 0 Å². The van der Waals surface area contributed by atoms with E-state index in [4.69, 9.17) is 5.73 Å². The third-order valence-electron chi connectivity index (χ3n) is 2.97. The molecule has 0 unspecified atom stereocenters. The van der Waals surface area contributed by atoms with E-state index in [9.17, 15) is 0 Å². The first kappa shape index (κ1) is 13.2. The number of benzene rings is 1. The Morgan fingerprint density at radius 1 is 1.06 bits per heavy atom. The van der Waals surface area contributed by atoms with Crippen LogP contribution in [0.2, 0.25) is 0 Å². The van der Waals surface area contributed by atoms with E-state index < -0.39 is 0 Å². The predicted octanol–water partition coefficient (Wildman–Crippen LogP) is 2.64. The number of rotatable bonds is 2. The third kappa shape index (κ3) is 5.29. The van der Waals surface area contributed by atoms with Crippen molar-refractivity contribution < 1.29 is 0 Å². The predicted molar refractivity (Wildman–Crippen MR) is 70.3 cm³/mol. The lowest BCUT2D eigenvalue weighted by Gasteiger charge is -2.24. The molecule has 90 valence electrons. The molecule has 2 N–H and O–H groups in total. The van der Waals surface area contributed by atoms with Gasteiger partial charge in [0.05, 0.1) is 0 Å². The van der Waals surface area contributed by atoms with Crippen LogP contribution in [0.1, 0.15) is 31.7 Å². The van der Waals surface area contributed by atoms with Gasteiger partial charge in [-0.1, -0.05) is 43.7 Å². The lowest BCUT2D eigenvalue weighted by Crippen LogP contribution is -2.29. The standard InChI is InChI=1S/C7H15N.C7H9N/c1-2-8-6-4-3-5-7-8;8-6-7-4-2-1-3-5-7/h2-7H2,1H3;1-5H,6,8H2. The van der Waals surface area contributed by atoms with Crippen LogP contribution >= 0.6 is 0 Å². The molecule has 0 saturated carbocycles. The zero-order chi connectivity index (χ0) is 11.6. The summed E-state index contributed by atoms with van der Waals surface area (Å²) in [5.41, 5.74) is 6.54. The Labute approximate surface area is 99.5 Å². The second-order valence-electron chi connectivity index (χ2n) is 4.18. The molecule has 0 bridgehead atoms. The molecule has 1 aromatic carbocycles. The maximum absolute atomic E-state index is 5.35. The molecule has 2 rings (SSSR count). The van der Waals surface area contributed by atoms with Crippen molar-refractivity contribution in [2.24, 2.45) is 5.73 Å². The minimum atomic E-state index is 0.640. The highest BCUT2D eigenvalue weighted by Crippen LogP contribution is 2.06. The van der Waals surface area contributed by atoms with Gasteiger partial charge in [-0.15, -0.1) is 0 Å². The summed E-state index contributed by atoms with van der Waals surface area (Å²) in [4.78, 5) is 2.52. The minimum Gasteiger partial charge on any atom is -0.326 e. The van der Waals surface area contributed by atoms with Crippen molar-refractivity contribution in [3.05, 3.63) is 35.9 Å². The lowest BCUT2D eigenvalue weighted by molar-refractivity contribution is 0.240. The number of nitrogens with zero attached hydrogens (tertiary/aromatic N) is 1. The van der Waals surface area contributed by atoms with E-state index >= 15 is 0 Å². The van der Waals surface area contributed by atoms with Crippen molar-refractivity contribution in [3.63, 3.8) is 0 Å². The fourth-order valence-corrected chi connectivity index (χ4v) is 1.89. The van der Waals surface area contributed by atoms with E-state index in [-0.39, 0.29) is 0 Å².